The number of hydrogen-bond acceptors (Lipinski definition) is 6. The number of rotatable bonds is 9. The third-order valence-corrected chi connectivity index (χ3v) is 5.85. The molecule has 0 aliphatic carbocycles. The topological polar surface area (TPSA) is 102 Å². The molecule has 0 aliphatic heterocycles. The number of aryl methyl sites for hydroxylation is 3. The SMILES string of the molecule is CCN(CC)c1ccc(C)cc1.Cc1nc2c(N)nc3cccnc3c2n1CCCCNC=O. The van der Waals surface area contributed by atoms with Crippen LogP contribution in [-0.2, 0) is 11.3 Å². The number of aromatic nitrogens is 4. The van der Waals surface area contributed by atoms with Crippen molar-refractivity contribution in [3.05, 3.63) is 54.0 Å². The number of benzene rings is 1. The number of fused-ring (bicyclic) bond motifs is 3. The molecule has 8 nitrogen and oxygen atoms in total. The number of unbranched alkanes of at least 4 members (excludes halogenated alkanes) is 1. The van der Waals surface area contributed by atoms with Crippen molar-refractivity contribution in [3.8, 4) is 0 Å². The Kier molecular flexibility index (Phi) is 8.79. The summed E-state index contributed by atoms with van der Waals surface area (Å²) in [6, 6.07) is 12.4. The van der Waals surface area contributed by atoms with Crippen molar-refractivity contribution < 1.29 is 4.79 Å². The van der Waals surface area contributed by atoms with E-state index in [1.807, 2.05) is 19.1 Å². The third kappa shape index (κ3) is 5.81. The maximum atomic E-state index is 10.3. The maximum absolute atomic E-state index is 10.3. The quantitative estimate of drug-likeness (QED) is 0.286. The molecule has 1 amide bonds. The van der Waals surface area contributed by atoms with Gasteiger partial charge in [-0.25, -0.2) is 9.97 Å². The van der Waals surface area contributed by atoms with E-state index in [2.05, 4.69) is 74.8 Å². The minimum absolute atomic E-state index is 0.431. The fourth-order valence-electron chi connectivity index (χ4n) is 4.01. The van der Waals surface area contributed by atoms with Crippen molar-refractivity contribution in [2.24, 2.45) is 0 Å². The minimum Gasteiger partial charge on any atom is -0.382 e. The fraction of sp³-hybridized carbons (Fsp3) is 0.385. The fourth-order valence-corrected chi connectivity index (χ4v) is 4.01. The molecule has 34 heavy (non-hydrogen) atoms. The van der Waals surface area contributed by atoms with Crippen molar-refractivity contribution in [1.29, 1.82) is 0 Å². The average molecular weight is 462 g/mol. The lowest BCUT2D eigenvalue weighted by Crippen LogP contribution is -2.21. The van der Waals surface area contributed by atoms with Gasteiger partial charge >= 0.3 is 0 Å². The van der Waals surface area contributed by atoms with Gasteiger partial charge in [0.15, 0.2) is 5.82 Å². The minimum atomic E-state index is 0.431. The average Bonchev–Trinajstić information content (AvgIpc) is 3.18. The molecular formula is C26H35N7O. The first kappa shape index (κ1) is 25.0. The summed E-state index contributed by atoms with van der Waals surface area (Å²) in [6.45, 7) is 12.1. The highest BCUT2D eigenvalue weighted by Crippen LogP contribution is 2.27. The van der Waals surface area contributed by atoms with Crippen LogP contribution in [0.15, 0.2) is 42.6 Å². The van der Waals surface area contributed by atoms with E-state index in [4.69, 9.17) is 5.73 Å². The zero-order valence-electron chi connectivity index (χ0n) is 20.6. The first-order valence-corrected chi connectivity index (χ1v) is 11.9. The number of hydrogen-bond donors (Lipinski definition) is 2. The molecule has 0 spiro atoms. The summed E-state index contributed by atoms with van der Waals surface area (Å²) < 4.78 is 2.13. The summed E-state index contributed by atoms with van der Waals surface area (Å²) in [6.07, 6.45) is 4.31. The van der Waals surface area contributed by atoms with Gasteiger partial charge in [0.1, 0.15) is 22.4 Å². The molecule has 0 bridgehead atoms. The molecule has 1 aromatic carbocycles. The number of anilines is 2. The van der Waals surface area contributed by atoms with E-state index in [9.17, 15) is 4.79 Å². The van der Waals surface area contributed by atoms with Gasteiger partial charge in [-0.2, -0.15) is 0 Å². The monoisotopic (exact) mass is 461 g/mol. The predicted octanol–water partition coefficient (Wildman–Crippen LogP) is 4.24. The number of carbonyl (C=O) groups excluding carboxylic acids is 1. The normalized spacial score (nSPS) is 10.7. The molecule has 4 aromatic rings. The van der Waals surface area contributed by atoms with E-state index in [1.165, 1.54) is 11.3 Å². The second-order valence-electron chi connectivity index (χ2n) is 8.16. The first-order chi connectivity index (χ1) is 16.5. The second kappa shape index (κ2) is 12.0. The Balaban J connectivity index is 0.000000229. The summed E-state index contributed by atoms with van der Waals surface area (Å²) in [5.41, 5.74) is 11.9. The van der Waals surface area contributed by atoms with Gasteiger partial charge < -0.3 is 20.5 Å². The molecule has 3 aromatic heterocycles. The molecular weight excluding hydrogens is 426 g/mol. The van der Waals surface area contributed by atoms with Crippen LogP contribution in [0.2, 0.25) is 0 Å². The highest BCUT2D eigenvalue weighted by Gasteiger charge is 2.15. The number of carbonyl (C=O) groups is 1. The summed E-state index contributed by atoms with van der Waals surface area (Å²) in [5.74, 6) is 1.32. The summed E-state index contributed by atoms with van der Waals surface area (Å²) in [7, 11) is 0. The lowest BCUT2D eigenvalue weighted by molar-refractivity contribution is -0.109. The highest BCUT2D eigenvalue weighted by atomic mass is 16.1. The van der Waals surface area contributed by atoms with E-state index in [1.54, 1.807) is 6.20 Å². The van der Waals surface area contributed by atoms with E-state index in [0.717, 1.165) is 61.3 Å². The molecule has 0 unspecified atom stereocenters. The number of imidazole rings is 1. The van der Waals surface area contributed by atoms with Crippen LogP contribution in [0.3, 0.4) is 0 Å². The Morgan fingerprint density at radius 1 is 1.03 bits per heavy atom. The Morgan fingerprint density at radius 3 is 2.44 bits per heavy atom. The molecule has 3 N–H and O–H groups in total. The number of pyridine rings is 2. The number of nitrogens with one attached hydrogen (secondary N) is 1. The molecule has 0 aliphatic rings. The lowest BCUT2D eigenvalue weighted by atomic mass is 10.2. The molecule has 180 valence electrons. The predicted molar refractivity (Wildman–Crippen MR) is 140 cm³/mol. The summed E-state index contributed by atoms with van der Waals surface area (Å²) in [5, 5.41) is 2.67. The molecule has 3 heterocycles. The van der Waals surface area contributed by atoms with Crippen molar-refractivity contribution >= 4 is 40.0 Å². The smallest absolute Gasteiger partial charge is 0.207 e. The Hall–Kier alpha value is -3.68. The Labute approximate surface area is 201 Å². The molecule has 0 fully saturated rings. The van der Waals surface area contributed by atoms with Crippen molar-refractivity contribution in [2.75, 3.05) is 30.3 Å². The third-order valence-electron chi connectivity index (χ3n) is 5.85. The Bertz CT molecular complexity index is 1210. The van der Waals surface area contributed by atoms with Crippen LogP contribution in [0, 0.1) is 13.8 Å². The zero-order valence-corrected chi connectivity index (χ0v) is 20.6. The molecule has 0 radical (unpaired) electrons. The second-order valence-corrected chi connectivity index (χ2v) is 8.16. The molecule has 8 heteroatoms. The van der Waals surface area contributed by atoms with Gasteiger partial charge in [0.2, 0.25) is 6.41 Å². The van der Waals surface area contributed by atoms with E-state index < -0.39 is 0 Å². The van der Waals surface area contributed by atoms with Gasteiger partial charge in [0.05, 0.1) is 5.52 Å². The van der Waals surface area contributed by atoms with Crippen molar-refractivity contribution in [3.63, 3.8) is 0 Å². The maximum Gasteiger partial charge on any atom is 0.207 e. The van der Waals surface area contributed by atoms with Crippen LogP contribution in [0.1, 0.15) is 38.1 Å². The van der Waals surface area contributed by atoms with Crippen molar-refractivity contribution in [2.45, 2.75) is 47.1 Å². The van der Waals surface area contributed by atoms with Crippen LogP contribution < -0.4 is 16.0 Å². The molecule has 0 saturated carbocycles. The number of nitrogens with zero attached hydrogens (tertiary/aromatic N) is 5. The summed E-state index contributed by atoms with van der Waals surface area (Å²) >= 11 is 0. The van der Waals surface area contributed by atoms with Gasteiger partial charge in [0, 0.05) is 38.1 Å². The Morgan fingerprint density at radius 2 is 1.76 bits per heavy atom. The van der Waals surface area contributed by atoms with Crippen LogP contribution in [0.5, 0.6) is 0 Å². The van der Waals surface area contributed by atoms with E-state index >= 15 is 0 Å². The van der Waals surface area contributed by atoms with Crippen molar-refractivity contribution in [1.82, 2.24) is 24.8 Å². The van der Waals surface area contributed by atoms with E-state index in [-0.39, 0.29) is 0 Å². The number of nitrogens with two attached hydrogens (primary N) is 1. The largest absolute Gasteiger partial charge is 0.382 e. The summed E-state index contributed by atoms with van der Waals surface area (Å²) in [4.78, 5) is 26.0. The molecule has 0 saturated heterocycles. The van der Waals surface area contributed by atoms with Gasteiger partial charge in [-0.15, -0.1) is 0 Å². The lowest BCUT2D eigenvalue weighted by Gasteiger charge is -2.20. The first-order valence-electron chi connectivity index (χ1n) is 11.9. The van der Waals surface area contributed by atoms with Crippen LogP contribution >= 0.6 is 0 Å². The van der Waals surface area contributed by atoms with Crippen LogP contribution in [0.4, 0.5) is 11.5 Å². The molecule has 4 rings (SSSR count). The van der Waals surface area contributed by atoms with E-state index in [0.29, 0.717) is 17.9 Å². The van der Waals surface area contributed by atoms with Gasteiger partial charge in [-0.1, -0.05) is 17.7 Å². The van der Waals surface area contributed by atoms with Crippen LogP contribution in [-0.4, -0.2) is 45.6 Å². The zero-order chi connectivity index (χ0) is 24.5. The van der Waals surface area contributed by atoms with Crippen LogP contribution in [0.25, 0.3) is 22.1 Å². The number of amides is 1. The standard InChI is InChI=1S/C15H18N6O.C11H17N/c1-10-19-13-14(21(10)8-3-2-6-17-9-22)12-11(20-15(13)16)5-4-7-18-12;1-4-12(5-2)11-8-6-10(3)7-9-11/h4-5,7,9H,2-3,6,8H2,1H3,(H2,16,20)(H,17,22);6-9H,4-5H2,1-3H3. The van der Waals surface area contributed by atoms with Gasteiger partial charge in [-0.3, -0.25) is 9.78 Å². The van der Waals surface area contributed by atoms with Gasteiger partial charge in [-0.05, 0) is 64.8 Å². The molecule has 0 atom stereocenters. The van der Waals surface area contributed by atoms with Gasteiger partial charge in [0.25, 0.3) is 0 Å². The highest BCUT2D eigenvalue weighted by molar-refractivity contribution is 6.04. The number of nitrogen functional groups attached to an aromatic ring is 1.